The molecule has 148 valence electrons. The van der Waals surface area contributed by atoms with Crippen LogP contribution in [0.15, 0.2) is 45.6 Å². The van der Waals surface area contributed by atoms with Gasteiger partial charge in [0.1, 0.15) is 11.3 Å². The van der Waals surface area contributed by atoms with E-state index in [4.69, 9.17) is 18.6 Å². The summed E-state index contributed by atoms with van der Waals surface area (Å²) >= 11 is 0. The van der Waals surface area contributed by atoms with Gasteiger partial charge in [-0.1, -0.05) is 6.07 Å². The van der Waals surface area contributed by atoms with Crippen molar-refractivity contribution in [1.82, 2.24) is 5.32 Å². The first-order chi connectivity index (χ1) is 14.2. The number of rotatable bonds is 5. The Hall–Kier alpha value is -3.48. The van der Waals surface area contributed by atoms with Crippen molar-refractivity contribution in [2.45, 2.75) is 25.8 Å². The highest BCUT2D eigenvalue weighted by molar-refractivity contribution is 5.83. The lowest BCUT2D eigenvalue weighted by Gasteiger charge is -2.09. The fraction of sp³-hybridized carbons (Fsp3) is 0.273. The summed E-state index contributed by atoms with van der Waals surface area (Å²) in [4.78, 5) is 24.2. The Kier molecular flexibility index (Phi) is 4.35. The van der Waals surface area contributed by atoms with Gasteiger partial charge in [0, 0.05) is 23.6 Å². The predicted octanol–water partition coefficient (Wildman–Crippen LogP) is 2.71. The molecule has 7 nitrogen and oxygen atoms in total. The highest BCUT2D eigenvalue weighted by Gasteiger charge is 2.20. The maximum absolute atomic E-state index is 12.1. The second-order valence-electron chi connectivity index (χ2n) is 7.11. The minimum atomic E-state index is -0.274. The Labute approximate surface area is 166 Å². The van der Waals surface area contributed by atoms with Crippen LogP contribution in [0.5, 0.6) is 17.2 Å². The number of benzene rings is 2. The molecule has 5 rings (SSSR count). The number of hydrogen-bond acceptors (Lipinski definition) is 6. The van der Waals surface area contributed by atoms with Crippen molar-refractivity contribution in [3.63, 3.8) is 0 Å². The Bertz CT molecular complexity index is 1170. The summed E-state index contributed by atoms with van der Waals surface area (Å²) in [5, 5.41) is 3.75. The zero-order chi connectivity index (χ0) is 19.8. The third kappa shape index (κ3) is 3.40. The molecule has 1 aliphatic carbocycles. The molecule has 1 N–H and O–H groups in total. The third-order valence-corrected chi connectivity index (χ3v) is 5.24. The number of carbonyl (C=O) groups is 1. The van der Waals surface area contributed by atoms with Crippen molar-refractivity contribution in [3.8, 4) is 17.2 Å². The summed E-state index contributed by atoms with van der Waals surface area (Å²) in [5.41, 5.74) is 2.99. The first kappa shape index (κ1) is 17.6. The van der Waals surface area contributed by atoms with Crippen molar-refractivity contribution in [1.29, 1.82) is 0 Å². The van der Waals surface area contributed by atoms with Crippen LogP contribution < -0.4 is 25.2 Å². The molecule has 2 aliphatic rings. The number of hydrogen-bond donors (Lipinski definition) is 1. The molecule has 0 saturated heterocycles. The van der Waals surface area contributed by atoms with E-state index in [2.05, 4.69) is 5.32 Å². The molecule has 0 fully saturated rings. The molecule has 0 spiro atoms. The second kappa shape index (κ2) is 7.16. The van der Waals surface area contributed by atoms with Gasteiger partial charge in [0.2, 0.25) is 6.79 Å². The number of fused-ring (bicyclic) bond motifs is 4. The van der Waals surface area contributed by atoms with Gasteiger partial charge in [0.25, 0.3) is 5.91 Å². The van der Waals surface area contributed by atoms with Crippen LogP contribution in [0.25, 0.3) is 11.0 Å². The summed E-state index contributed by atoms with van der Waals surface area (Å²) in [6.07, 6.45) is 2.64. The topological polar surface area (TPSA) is 87.0 Å². The first-order valence-electron chi connectivity index (χ1n) is 9.54. The summed E-state index contributed by atoms with van der Waals surface area (Å²) in [6, 6.07) is 10.9. The lowest BCUT2D eigenvalue weighted by molar-refractivity contribution is -0.123. The van der Waals surface area contributed by atoms with Gasteiger partial charge in [-0.15, -0.1) is 0 Å². The molecule has 1 aliphatic heterocycles. The molecule has 0 atom stereocenters. The zero-order valence-corrected chi connectivity index (χ0v) is 15.7. The van der Waals surface area contributed by atoms with Crippen LogP contribution in [0.2, 0.25) is 0 Å². The van der Waals surface area contributed by atoms with Crippen molar-refractivity contribution in [2.75, 3.05) is 13.4 Å². The van der Waals surface area contributed by atoms with Crippen molar-refractivity contribution >= 4 is 16.9 Å². The zero-order valence-electron chi connectivity index (χ0n) is 15.7. The van der Waals surface area contributed by atoms with E-state index < -0.39 is 0 Å². The van der Waals surface area contributed by atoms with Crippen molar-refractivity contribution in [3.05, 3.63) is 63.5 Å². The minimum absolute atomic E-state index is 0.134. The highest BCUT2D eigenvalue weighted by atomic mass is 16.7. The Morgan fingerprint density at radius 1 is 1.03 bits per heavy atom. The van der Waals surface area contributed by atoms with Gasteiger partial charge in [-0.2, -0.15) is 0 Å². The molecular formula is C22H19NO6. The summed E-state index contributed by atoms with van der Waals surface area (Å²) in [7, 11) is 0. The molecule has 0 radical (unpaired) electrons. The van der Waals surface area contributed by atoms with E-state index in [1.54, 1.807) is 12.1 Å². The number of nitrogens with one attached hydrogen (secondary N) is 1. The van der Waals surface area contributed by atoms with E-state index in [9.17, 15) is 9.59 Å². The lowest BCUT2D eigenvalue weighted by Crippen LogP contribution is -2.28. The van der Waals surface area contributed by atoms with Gasteiger partial charge < -0.3 is 23.9 Å². The predicted molar refractivity (Wildman–Crippen MR) is 104 cm³/mol. The van der Waals surface area contributed by atoms with Gasteiger partial charge >= 0.3 is 5.63 Å². The second-order valence-corrected chi connectivity index (χ2v) is 7.11. The first-order valence-corrected chi connectivity index (χ1v) is 9.54. The Morgan fingerprint density at radius 2 is 1.90 bits per heavy atom. The van der Waals surface area contributed by atoms with Crippen LogP contribution in [-0.4, -0.2) is 19.3 Å². The summed E-state index contributed by atoms with van der Waals surface area (Å²) in [5.74, 6) is 1.61. The fourth-order valence-electron chi connectivity index (χ4n) is 3.81. The van der Waals surface area contributed by atoms with Crippen LogP contribution in [0.4, 0.5) is 0 Å². The normalized spacial score (nSPS) is 14.1. The molecule has 0 saturated carbocycles. The van der Waals surface area contributed by atoms with Crippen LogP contribution in [0.3, 0.4) is 0 Å². The fourth-order valence-corrected chi connectivity index (χ4v) is 3.81. The molecule has 1 amide bonds. The lowest BCUT2D eigenvalue weighted by atomic mass is 10.1. The van der Waals surface area contributed by atoms with Crippen LogP contribution in [-0.2, 0) is 24.2 Å². The van der Waals surface area contributed by atoms with E-state index in [0.29, 0.717) is 29.4 Å². The van der Waals surface area contributed by atoms with E-state index in [1.807, 2.05) is 24.3 Å². The Morgan fingerprint density at radius 3 is 2.83 bits per heavy atom. The van der Waals surface area contributed by atoms with Gasteiger partial charge in [-0.3, -0.25) is 4.79 Å². The minimum Gasteiger partial charge on any atom is -0.484 e. The molecule has 0 unspecified atom stereocenters. The van der Waals surface area contributed by atoms with Gasteiger partial charge in [-0.05, 0) is 54.7 Å². The monoisotopic (exact) mass is 393 g/mol. The average Bonchev–Trinajstić information content (AvgIpc) is 3.40. The molecule has 0 bridgehead atoms. The van der Waals surface area contributed by atoms with Gasteiger partial charge in [0.05, 0.1) is 0 Å². The maximum atomic E-state index is 12.1. The van der Waals surface area contributed by atoms with Gasteiger partial charge in [-0.25, -0.2) is 4.79 Å². The number of amides is 1. The molecule has 2 aromatic carbocycles. The average molecular weight is 393 g/mol. The van der Waals surface area contributed by atoms with Crippen LogP contribution in [0, 0.1) is 0 Å². The summed E-state index contributed by atoms with van der Waals surface area (Å²) < 4.78 is 21.6. The van der Waals surface area contributed by atoms with Crippen molar-refractivity contribution < 1.29 is 23.4 Å². The van der Waals surface area contributed by atoms with E-state index in [1.165, 1.54) is 0 Å². The number of carbonyl (C=O) groups excluding carboxylic acids is 1. The number of ether oxygens (including phenoxy) is 3. The SMILES string of the molecule is O=C(COc1ccc2c3c(c(=O)oc2c1)CCC3)NCc1ccc2c(c1)OCO2. The van der Waals surface area contributed by atoms with E-state index >= 15 is 0 Å². The van der Waals surface area contributed by atoms with Crippen LogP contribution >= 0.6 is 0 Å². The molecule has 29 heavy (non-hydrogen) atoms. The van der Waals surface area contributed by atoms with Gasteiger partial charge in [0.15, 0.2) is 18.1 Å². The third-order valence-electron chi connectivity index (χ3n) is 5.24. The molecular weight excluding hydrogens is 374 g/mol. The van der Waals surface area contributed by atoms with E-state index in [0.717, 1.165) is 41.3 Å². The number of aryl methyl sites for hydroxylation is 1. The molecule has 7 heteroatoms. The Balaban J connectivity index is 1.22. The molecule has 2 heterocycles. The quantitative estimate of drug-likeness (QED) is 0.671. The van der Waals surface area contributed by atoms with Crippen LogP contribution in [0.1, 0.15) is 23.1 Å². The summed E-state index contributed by atoms with van der Waals surface area (Å²) in [6.45, 7) is 0.441. The maximum Gasteiger partial charge on any atom is 0.339 e. The highest BCUT2D eigenvalue weighted by Crippen LogP contribution is 2.32. The van der Waals surface area contributed by atoms with E-state index in [-0.39, 0.29) is 24.9 Å². The standard InChI is InChI=1S/C22H19NO6/c24-21(23-10-13-4-7-18-20(8-13)28-12-27-18)11-26-14-5-6-16-15-2-1-3-17(15)22(25)29-19(16)9-14/h4-9H,1-3,10-12H2,(H,23,24). The largest absolute Gasteiger partial charge is 0.484 e. The van der Waals surface area contributed by atoms with Crippen molar-refractivity contribution in [2.24, 2.45) is 0 Å². The smallest absolute Gasteiger partial charge is 0.339 e. The molecule has 3 aromatic rings. The molecule has 1 aromatic heterocycles.